The topological polar surface area (TPSA) is 60.2 Å². The van der Waals surface area contributed by atoms with Crippen molar-refractivity contribution in [3.8, 4) is 5.88 Å². The molecule has 3 N–H and O–H groups in total. The van der Waals surface area contributed by atoms with Crippen LogP contribution in [-0.2, 0) is 0 Å². The molecule has 0 aromatic carbocycles. The molecule has 0 bridgehead atoms. The summed E-state index contributed by atoms with van der Waals surface area (Å²) in [6.07, 6.45) is 6.42. The summed E-state index contributed by atoms with van der Waals surface area (Å²) in [4.78, 5) is 4.45. The van der Waals surface area contributed by atoms with Gasteiger partial charge in [-0.15, -0.1) is 0 Å². The summed E-state index contributed by atoms with van der Waals surface area (Å²) >= 11 is 0. The molecule has 106 valence electrons. The first kappa shape index (κ1) is 14.0. The Balaban J connectivity index is 2.00. The highest BCUT2D eigenvalue weighted by Crippen LogP contribution is 2.29. The number of nitrogens with one attached hydrogen (secondary N) is 1. The number of ether oxygens (including phenoxy) is 1. The van der Waals surface area contributed by atoms with Gasteiger partial charge in [0.1, 0.15) is 5.82 Å². The molecular formula is C15H25N3O. The lowest BCUT2D eigenvalue weighted by atomic mass is 9.84. The summed E-state index contributed by atoms with van der Waals surface area (Å²) in [5, 5.41) is 3.52. The second kappa shape index (κ2) is 6.64. The maximum absolute atomic E-state index is 5.84. The molecule has 2 unspecified atom stereocenters. The number of pyridine rings is 1. The number of aromatic nitrogens is 1. The van der Waals surface area contributed by atoms with Crippen molar-refractivity contribution in [2.24, 2.45) is 5.92 Å². The van der Waals surface area contributed by atoms with Crippen molar-refractivity contribution in [2.75, 3.05) is 17.7 Å². The minimum absolute atomic E-state index is 0.532. The molecule has 1 heterocycles. The first-order valence-corrected chi connectivity index (χ1v) is 7.38. The van der Waals surface area contributed by atoms with Crippen molar-refractivity contribution in [2.45, 2.75) is 52.0 Å². The second-order valence-electron chi connectivity index (χ2n) is 5.31. The van der Waals surface area contributed by atoms with Crippen LogP contribution in [0, 0.1) is 5.92 Å². The van der Waals surface area contributed by atoms with Crippen LogP contribution in [0.1, 0.15) is 46.0 Å². The Hall–Kier alpha value is -1.45. The summed E-state index contributed by atoms with van der Waals surface area (Å²) < 4.78 is 5.43. The number of nitrogens with two attached hydrogens (primary N) is 1. The van der Waals surface area contributed by atoms with Crippen molar-refractivity contribution in [3.63, 3.8) is 0 Å². The van der Waals surface area contributed by atoms with Crippen LogP contribution >= 0.6 is 0 Å². The molecule has 1 aromatic heterocycles. The van der Waals surface area contributed by atoms with E-state index in [0.717, 1.165) is 11.7 Å². The van der Waals surface area contributed by atoms with Crippen LogP contribution in [0.4, 0.5) is 11.5 Å². The zero-order valence-electron chi connectivity index (χ0n) is 12.0. The minimum atomic E-state index is 0.532. The van der Waals surface area contributed by atoms with E-state index in [-0.39, 0.29) is 0 Å². The van der Waals surface area contributed by atoms with Crippen LogP contribution in [0.15, 0.2) is 12.1 Å². The predicted molar refractivity (Wildman–Crippen MR) is 79.5 cm³/mol. The molecule has 0 amide bonds. The van der Waals surface area contributed by atoms with E-state index in [2.05, 4.69) is 17.2 Å². The molecule has 0 aliphatic heterocycles. The first-order chi connectivity index (χ1) is 9.22. The quantitative estimate of drug-likeness (QED) is 0.854. The van der Waals surface area contributed by atoms with Gasteiger partial charge in [0.15, 0.2) is 0 Å². The average molecular weight is 263 g/mol. The summed E-state index contributed by atoms with van der Waals surface area (Å²) in [6, 6.07) is 4.33. The van der Waals surface area contributed by atoms with Gasteiger partial charge in [0.05, 0.1) is 12.3 Å². The molecule has 0 radical (unpaired) electrons. The molecule has 1 aromatic rings. The fourth-order valence-corrected chi connectivity index (χ4v) is 2.79. The van der Waals surface area contributed by atoms with E-state index in [9.17, 15) is 0 Å². The molecule has 1 aliphatic rings. The number of hydrogen-bond acceptors (Lipinski definition) is 4. The fourth-order valence-electron chi connectivity index (χ4n) is 2.79. The molecule has 1 saturated carbocycles. The van der Waals surface area contributed by atoms with Gasteiger partial charge in [-0.3, -0.25) is 0 Å². The molecule has 0 saturated heterocycles. The molecule has 2 atom stereocenters. The number of rotatable bonds is 5. The maximum atomic E-state index is 5.84. The lowest BCUT2D eigenvalue weighted by Crippen LogP contribution is -2.27. The molecule has 4 heteroatoms. The van der Waals surface area contributed by atoms with Crippen LogP contribution in [0.25, 0.3) is 0 Å². The lowest BCUT2D eigenvalue weighted by molar-refractivity contribution is 0.323. The second-order valence-corrected chi connectivity index (χ2v) is 5.31. The fraction of sp³-hybridized carbons (Fsp3) is 0.667. The Kier molecular flexibility index (Phi) is 4.88. The van der Waals surface area contributed by atoms with Gasteiger partial charge in [-0.1, -0.05) is 26.2 Å². The van der Waals surface area contributed by atoms with Crippen LogP contribution in [0.2, 0.25) is 0 Å². The summed E-state index contributed by atoms with van der Waals surface area (Å²) in [5.74, 6) is 2.26. The van der Waals surface area contributed by atoms with Gasteiger partial charge in [0, 0.05) is 6.04 Å². The van der Waals surface area contributed by atoms with Crippen molar-refractivity contribution in [3.05, 3.63) is 12.1 Å². The Morgan fingerprint density at radius 1 is 1.37 bits per heavy atom. The zero-order valence-corrected chi connectivity index (χ0v) is 12.0. The van der Waals surface area contributed by atoms with Gasteiger partial charge in [-0.2, -0.15) is 4.98 Å². The summed E-state index contributed by atoms with van der Waals surface area (Å²) in [7, 11) is 0. The Morgan fingerprint density at radius 2 is 2.21 bits per heavy atom. The Bertz CT molecular complexity index is 408. The van der Waals surface area contributed by atoms with Crippen LogP contribution in [0.5, 0.6) is 5.88 Å². The van der Waals surface area contributed by atoms with E-state index in [4.69, 9.17) is 10.5 Å². The molecule has 1 fully saturated rings. The largest absolute Gasteiger partial charge is 0.476 e. The number of nitrogen functional groups attached to an aromatic ring is 1. The minimum Gasteiger partial charge on any atom is -0.476 e. The van der Waals surface area contributed by atoms with Crippen LogP contribution < -0.4 is 15.8 Å². The van der Waals surface area contributed by atoms with E-state index in [1.54, 1.807) is 0 Å². The first-order valence-electron chi connectivity index (χ1n) is 7.38. The van der Waals surface area contributed by atoms with Crippen LogP contribution in [-0.4, -0.2) is 17.6 Å². The van der Waals surface area contributed by atoms with Gasteiger partial charge >= 0.3 is 0 Å². The smallest absolute Gasteiger partial charge is 0.239 e. The number of nitrogens with zero attached hydrogens (tertiary/aromatic N) is 1. The van der Waals surface area contributed by atoms with E-state index < -0.39 is 0 Å². The number of anilines is 2. The van der Waals surface area contributed by atoms with Crippen molar-refractivity contribution < 1.29 is 4.74 Å². The highest BCUT2D eigenvalue weighted by molar-refractivity contribution is 5.53. The Morgan fingerprint density at radius 3 is 2.95 bits per heavy atom. The van der Waals surface area contributed by atoms with E-state index in [1.165, 1.54) is 32.1 Å². The molecule has 2 rings (SSSR count). The van der Waals surface area contributed by atoms with E-state index >= 15 is 0 Å². The van der Waals surface area contributed by atoms with E-state index in [0.29, 0.717) is 24.2 Å². The highest BCUT2D eigenvalue weighted by Gasteiger charge is 2.21. The third kappa shape index (κ3) is 3.75. The number of hydrogen-bond donors (Lipinski definition) is 2. The van der Waals surface area contributed by atoms with Crippen molar-refractivity contribution in [1.29, 1.82) is 0 Å². The van der Waals surface area contributed by atoms with Crippen molar-refractivity contribution in [1.82, 2.24) is 4.98 Å². The zero-order chi connectivity index (χ0) is 13.7. The van der Waals surface area contributed by atoms with Gasteiger partial charge in [0.25, 0.3) is 0 Å². The Labute approximate surface area is 115 Å². The summed E-state index contributed by atoms with van der Waals surface area (Å²) in [5.41, 5.74) is 6.44. The van der Waals surface area contributed by atoms with Gasteiger partial charge in [-0.25, -0.2) is 0 Å². The van der Waals surface area contributed by atoms with E-state index in [1.807, 2.05) is 19.1 Å². The van der Waals surface area contributed by atoms with Crippen molar-refractivity contribution >= 4 is 11.5 Å². The lowest BCUT2D eigenvalue weighted by Gasteiger charge is -2.29. The SMILES string of the molecule is CCOc1nc(NC2CCCC(CC)C2)ccc1N. The normalized spacial score (nSPS) is 23.1. The third-order valence-corrected chi connectivity index (χ3v) is 3.88. The van der Waals surface area contributed by atoms with Gasteiger partial charge in [0.2, 0.25) is 5.88 Å². The molecule has 0 spiro atoms. The van der Waals surface area contributed by atoms with Gasteiger partial charge < -0.3 is 15.8 Å². The molecule has 1 aliphatic carbocycles. The maximum Gasteiger partial charge on any atom is 0.239 e. The molecular weight excluding hydrogens is 238 g/mol. The van der Waals surface area contributed by atoms with Gasteiger partial charge in [-0.05, 0) is 37.8 Å². The van der Waals surface area contributed by atoms with Crippen LogP contribution in [0.3, 0.4) is 0 Å². The molecule has 4 nitrogen and oxygen atoms in total. The predicted octanol–water partition coefficient (Wildman–Crippen LogP) is 3.44. The third-order valence-electron chi connectivity index (χ3n) is 3.88. The average Bonchev–Trinajstić information content (AvgIpc) is 2.43. The monoisotopic (exact) mass is 263 g/mol. The standard InChI is InChI=1S/C15H25N3O/c1-3-11-6-5-7-12(10-11)17-14-9-8-13(16)15(18-14)19-4-2/h8-9,11-12H,3-7,10,16H2,1-2H3,(H,17,18). The highest BCUT2D eigenvalue weighted by atomic mass is 16.5. The summed E-state index contributed by atoms with van der Waals surface area (Å²) in [6.45, 7) is 4.80. The molecule has 19 heavy (non-hydrogen) atoms.